The molecule has 0 radical (unpaired) electrons. The first-order chi connectivity index (χ1) is 8.08. The van der Waals surface area contributed by atoms with Crippen molar-refractivity contribution in [1.29, 1.82) is 0 Å². The standard InChI is InChI=1S/C12H14N2O3/c13-12(15)5-4-9-7-11(9)8-2-1-3-10(6-8)14(16)17/h1-3,6,9,11H,4-5,7H2,(H2,13,15)/t9-,11?/m0/s1. The second kappa shape index (κ2) is 4.53. The summed E-state index contributed by atoms with van der Waals surface area (Å²) in [6.07, 6.45) is 2.17. The van der Waals surface area contributed by atoms with Crippen LogP contribution >= 0.6 is 0 Å². The molecule has 2 rings (SSSR count). The Hall–Kier alpha value is -1.91. The number of nitrogens with two attached hydrogens (primary N) is 1. The van der Waals surface area contributed by atoms with Crippen molar-refractivity contribution in [3.8, 4) is 0 Å². The number of carbonyl (C=O) groups is 1. The Kier molecular flexibility index (Phi) is 3.08. The number of nitro benzene ring substituents is 1. The van der Waals surface area contributed by atoms with Gasteiger partial charge in [-0.15, -0.1) is 0 Å². The van der Waals surface area contributed by atoms with E-state index >= 15 is 0 Å². The number of non-ortho nitro benzene ring substituents is 1. The van der Waals surface area contributed by atoms with E-state index in [4.69, 9.17) is 5.73 Å². The van der Waals surface area contributed by atoms with Gasteiger partial charge >= 0.3 is 0 Å². The quantitative estimate of drug-likeness (QED) is 0.624. The van der Waals surface area contributed by atoms with Crippen LogP contribution in [-0.4, -0.2) is 10.8 Å². The normalized spacial score (nSPS) is 22.1. The van der Waals surface area contributed by atoms with Crippen LogP contribution in [0.4, 0.5) is 5.69 Å². The zero-order valence-corrected chi connectivity index (χ0v) is 9.33. The molecule has 5 nitrogen and oxygen atoms in total. The molecule has 0 saturated heterocycles. The molecule has 1 aromatic carbocycles. The topological polar surface area (TPSA) is 86.2 Å². The van der Waals surface area contributed by atoms with Crippen LogP contribution in [0, 0.1) is 16.0 Å². The predicted octanol–water partition coefficient (Wildman–Crippen LogP) is 1.96. The molecular formula is C12H14N2O3. The van der Waals surface area contributed by atoms with Crippen LogP contribution in [0.2, 0.25) is 0 Å². The van der Waals surface area contributed by atoms with E-state index < -0.39 is 0 Å². The summed E-state index contributed by atoms with van der Waals surface area (Å²) < 4.78 is 0. The first kappa shape index (κ1) is 11.6. The zero-order chi connectivity index (χ0) is 12.4. The summed E-state index contributed by atoms with van der Waals surface area (Å²) in [4.78, 5) is 20.9. The summed E-state index contributed by atoms with van der Waals surface area (Å²) in [5, 5.41) is 10.6. The van der Waals surface area contributed by atoms with Crippen molar-refractivity contribution in [1.82, 2.24) is 0 Å². The summed E-state index contributed by atoms with van der Waals surface area (Å²) >= 11 is 0. The van der Waals surface area contributed by atoms with E-state index in [1.807, 2.05) is 6.07 Å². The number of nitro groups is 1. The Labute approximate surface area is 98.8 Å². The lowest BCUT2D eigenvalue weighted by Crippen LogP contribution is -2.10. The Morgan fingerprint density at radius 3 is 2.94 bits per heavy atom. The molecule has 2 atom stereocenters. The minimum atomic E-state index is -0.385. The van der Waals surface area contributed by atoms with Gasteiger partial charge in [-0.25, -0.2) is 0 Å². The van der Waals surface area contributed by atoms with Crippen molar-refractivity contribution in [3.63, 3.8) is 0 Å². The Morgan fingerprint density at radius 1 is 1.53 bits per heavy atom. The van der Waals surface area contributed by atoms with Gasteiger partial charge in [0.15, 0.2) is 0 Å². The van der Waals surface area contributed by atoms with E-state index in [-0.39, 0.29) is 16.5 Å². The van der Waals surface area contributed by atoms with Crippen molar-refractivity contribution in [2.24, 2.45) is 11.7 Å². The Balaban J connectivity index is 1.98. The van der Waals surface area contributed by atoms with Crippen LogP contribution in [0.1, 0.15) is 30.7 Å². The third-order valence-electron chi connectivity index (χ3n) is 3.19. The van der Waals surface area contributed by atoms with Gasteiger partial charge in [-0.05, 0) is 30.2 Å². The molecule has 1 aromatic rings. The molecule has 0 bridgehead atoms. The van der Waals surface area contributed by atoms with E-state index in [0.717, 1.165) is 18.4 Å². The second-order valence-corrected chi connectivity index (χ2v) is 4.46. The fourth-order valence-corrected chi connectivity index (χ4v) is 2.17. The predicted molar refractivity (Wildman–Crippen MR) is 62.4 cm³/mol. The lowest BCUT2D eigenvalue weighted by molar-refractivity contribution is -0.384. The molecule has 1 aliphatic carbocycles. The minimum absolute atomic E-state index is 0.128. The second-order valence-electron chi connectivity index (χ2n) is 4.46. The molecule has 1 fully saturated rings. The zero-order valence-electron chi connectivity index (χ0n) is 9.33. The van der Waals surface area contributed by atoms with Crippen LogP contribution in [0.3, 0.4) is 0 Å². The van der Waals surface area contributed by atoms with Crippen LogP contribution in [0.25, 0.3) is 0 Å². The van der Waals surface area contributed by atoms with Crippen LogP contribution in [0.5, 0.6) is 0 Å². The van der Waals surface area contributed by atoms with Crippen molar-refractivity contribution in [3.05, 3.63) is 39.9 Å². The number of benzene rings is 1. The third-order valence-corrected chi connectivity index (χ3v) is 3.19. The number of nitrogens with zero attached hydrogens (tertiary/aromatic N) is 1. The molecular weight excluding hydrogens is 220 g/mol. The van der Waals surface area contributed by atoms with Crippen molar-refractivity contribution in [2.75, 3.05) is 0 Å². The van der Waals surface area contributed by atoms with Crippen LogP contribution in [0.15, 0.2) is 24.3 Å². The maximum Gasteiger partial charge on any atom is 0.269 e. The van der Waals surface area contributed by atoms with Gasteiger partial charge in [0.2, 0.25) is 5.91 Å². The molecule has 0 aliphatic heterocycles. The van der Waals surface area contributed by atoms with E-state index in [1.54, 1.807) is 12.1 Å². The number of carbonyl (C=O) groups excluding carboxylic acids is 1. The molecule has 2 N–H and O–H groups in total. The fourth-order valence-electron chi connectivity index (χ4n) is 2.17. The Morgan fingerprint density at radius 2 is 2.29 bits per heavy atom. The van der Waals surface area contributed by atoms with E-state index in [1.165, 1.54) is 6.07 Å². The minimum Gasteiger partial charge on any atom is -0.370 e. The Bertz CT molecular complexity index is 459. The molecule has 17 heavy (non-hydrogen) atoms. The van der Waals surface area contributed by atoms with Gasteiger partial charge in [0, 0.05) is 18.6 Å². The summed E-state index contributed by atoms with van der Waals surface area (Å²) in [6, 6.07) is 6.72. The summed E-state index contributed by atoms with van der Waals surface area (Å²) in [6.45, 7) is 0. The number of hydrogen-bond acceptors (Lipinski definition) is 3. The highest BCUT2D eigenvalue weighted by Gasteiger charge is 2.38. The molecule has 1 saturated carbocycles. The average Bonchev–Trinajstić information content (AvgIpc) is 3.06. The first-order valence-corrected chi connectivity index (χ1v) is 5.60. The SMILES string of the molecule is NC(=O)CC[C@H]1CC1c1cccc([N+](=O)[O-])c1. The molecule has 1 amide bonds. The van der Waals surface area contributed by atoms with Crippen LogP contribution < -0.4 is 5.73 Å². The molecule has 0 spiro atoms. The lowest BCUT2D eigenvalue weighted by atomic mass is 10.1. The molecule has 0 aromatic heterocycles. The summed E-state index contributed by atoms with van der Waals surface area (Å²) in [5.41, 5.74) is 6.21. The fraction of sp³-hybridized carbons (Fsp3) is 0.417. The lowest BCUT2D eigenvalue weighted by Gasteiger charge is -2.00. The largest absolute Gasteiger partial charge is 0.370 e. The highest BCUT2D eigenvalue weighted by molar-refractivity contribution is 5.73. The smallest absolute Gasteiger partial charge is 0.269 e. The monoisotopic (exact) mass is 234 g/mol. The average molecular weight is 234 g/mol. The molecule has 5 heteroatoms. The maximum absolute atomic E-state index is 10.7. The van der Waals surface area contributed by atoms with Gasteiger partial charge in [-0.2, -0.15) is 0 Å². The van der Waals surface area contributed by atoms with Gasteiger partial charge < -0.3 is 5.73 Å². The van der Waals surface area contributed by atoms with E-state index in [0.29, 0.717) is 18.3 Å². The molecule has 1 aliphatic rings. The van der Waals surface area contributed by atoms with Crippen molar-refractivity contribution >= 4 is 11.6 Å². The summed E-state index contributed by atoms with van der Waals surface area (Å²) in [5.74, 6) is 0.522. The van der Waals surface area contributed by atoms with Gasteiger partial charge in [-0.1, -0.05) is 12.1 Å². The third kappa shape index (κ3) is 2.81. The van der Waals surface area contributed by atoms with Crippen molar-refractivity contribution < 1.29 is 9.72 Å². The van der Waals surface area contributed by atoms with Gasteiger partial charge in [-0.3, -0.25) is 14.9 Å². The van der Waals surface area contributed by atoms with Gasteiger partial charge in [0.05, 0.1) is 4.92 Å². The number of hydrogen-bond donors (Lipinski definition) is 1. The highest BCUT2D eigenvalue weighted by Crippen LogP contribution is 2.50. The molecule has 1 unspecified atom stereocenters. The van der Waals surface area contributed by atoms with Crippen molar-refractivity contribution in [2.45, 2.75) is 25.2 Å². The maximum atomic E-state index is 10.7. The summed E-state index contributed by atoms with van der Waals surface area (Å²) in [7, 11) is 0. The van der Waals surface area contributed by atoms with Crippen LogP contribution in [-0.2, 0) is 4.79 Å². The van der Waals surface area contributed by atoms with Gasteiger partial charge in [0.1, 0.15) is 0 Å². The van der Waals surface area contributed by atoms with E-state index in [2.05, 4.69) is 0 Å². The molecule has 90 valence electrons. The first-order valence-electron chi connectivity index (χ1n) is 5.60. The van der Waals surface area contributed by atoms with Gasteiger partial charge in [0.25, 0.3) is 5.69 Å². The highest BCUT2D eigenvalue weighted by atomic mass is 16.6. The molecule has 0 heterocycles. The van der Waals surface area contributed by atoms with E-state index in [9.17, 15) is 14.9 Å². The number of primary amides is 1. The number of amides is 1. The number of rotatable bonds is 5.